The first-order valence-electron chi connectivity index (χ1n) is 5.85. The van der Waals surface area contributed by atoms with Crippen molar-refractivity contribution in [1.82, 2.24) is 4.90 Å². The second-order valence-corrected chi connectivity index (χ2v) is 4.26. The van der Waals surface area contributed by atoms with Crippen LogP contribution in [0.1, 0.15) is 5.56 Å². The fourth-order valence-electron chi connectivity index (χ4n) is 1.90. The molecule has 0 saturated carbocycles. The highest BCUT2D eigenvalue weighted by Crippen LogP contribution is 2.13. The predicted octanol–water partition coefficient (Wildman–Crippen LogP) is 2.30. The van der Waals surface area contributed by atoms with Crippen LogP contribution >= 0.6 is 12.2 Å². The number of hydrogen-bond acceptors (Lipinski definition) is 4. The van der Waals surface area contributed by atoms with E-state index >= 15 is 0 Å². The van der Waals surface area contributed by atoms with Gasteiger partial charge < -0.3 is 4.74 Å². The van der Waals surface area contributed by atoms with Crippen LogP contribution in [0.15, 0.2) is 29.3 Å². The van der Waals surface area contributed by atoms with Gasteiger partial charge in [-0.05, 0) is 36.3 Å². The Kier molecular flexibility index (Phi) is 4.83. The summed E-state index contributed by atoms with van der Waals surface area (Å²) in [5, 5.41) is 2.37. The molecule has 0 unspecified atom stereocenters. The minimum atomic E-state index is 0.863. The lowest BCUT2D eigenvalue weighted by atomic mass is 10.1. The summed E-state index contributed by atoms with van der Waals surface area (Å²) in [5.41, 5.74) is 2.20. The summed E-state index contributed by atoms with van der Waals surface area (Å²) in [7, 11) is 0. The highest BCUT2D eigenvalue weighted by molar-refractivity contribution is 7.78. The lowest BCUT2D eigenvalue weighted by molar-refractivity contribution is 0.0384. The van der Waals surface area contributed by atoms with Crippen molar-refractivity contribution in [2.24, 2.45) is 4.99 Å². The molecule has 1 fully saturated rings. The number of thiocarbonyl (C=S) groups is 1. The van der Waals surface area contributed by atoms with E-state index in [2.05, 4.69) is 39.4 Å². The molecule has 0 amide bonds. The average Bonchev–Trinajstić information content (AvgIpc) is 2.40. The molecule has 1 aliphatic heterocycles. The van der Waals surface area contributed by atoms with Crippen molar-refractivity contribution in [3.8, 4) is 0 Å². The van der Waals surface area contributed by atoms with Gasteiger partial charge in [0.25, 0.3) is 0 Å². The molecule has 1 saturated heterocycles. The minimum absolute atomic E-state index is 0.863. The van der Waals surface area contributed by atoms with E-state index in [0.717, 1.165) is 45.0 Å². The summed E-state index contributed by atoms with van der Waals surface area (Å²) in [4.78, 5) is 6.37. The maximum Gasteiger partial charge on any atom is 0.0739 e. The number of nitrogens with zero attached hydrogens (tertiary/aromatic N) is 2. The standard InChI is InChI=1S/C13H16N2OS/c17-11-14-13-3-1-12(2-4-13)5-6-15-7-9-16-10-8-15/h1-4H,5-10H2. The normalized spacial score (nSPS) is 16.5. The highest BCUT2D eigenvalue weighted by atomic mass is 32.1. The van der Waals surface area contributed by atoms with E-state index in [1.54, 1.807) is 0 Å². The van der Waals surface area contributed by atoms with Crippen LogP contribution in [0.25, 0.3) is 0 Å². The van der Waals surface area contributed by atoms with Crippen molar-refractivity contribution in [3.05, 3.63) is 29.8 Å². The Hall–Kier alpha value is -1.06. The SMILES string of the molecule is S=C=Nc1ccc(CCN2CCOCC2)cc1. The molecule has 0 aromatic heterocycles. The monoisotopic (exact) mass is 248 g/mol. The van der Waals surface area contributed by atoms with Crippen LogP contribution in [0, 0.1) is 0 Å². The number of isothiocyanates is 1. The molecule has 0 atom stereocenters. The lowest BCUT2D eigenvalue weighted by Crippen LogP contribution is -2.37. The zero-order chi connectivity index (χ0) is 11.9. The van der Waals surface area contributed by atoms with Crippen molar-refractivity contribution in [2.75, 3.05) is 32.8 Å². The van der Waals surface area contributed by atoms with Gasteiger partial charge in [-0.1, -0.05) is 12.1 Å². The van der Waals surface area contributed by atoms with Crippen molar-refractivity contribution < 1.29 is 4.74 Å². The second-order valence-electron chi connectivity index (χ2n) is 4.07. The van der Waals surface area contributed by atoms with E-state index in [-0.39, 0.29) is 0 Å². The average molecular weight is 248 g/mol. The maximum atomic E-state index is 5.32. The summed E-state index contributed by atoms with van der Waals surface area (Å²) < 4.78 is 5.32. The molecule has 1 aromatic rings. The number of benzene rings is 1. The smallest absolute Gasteiger partial charge is 0.0739 e. The molecular formula is C13H16N2OS. The Morgan fingerprint density at radius 1 is 1.24 bits per heavy atom. The Morgan fingerprint density at radius 2 is 1.94 bits per heavy atom. The first-order chi connectivity index (χ1) is 8.38. The summed E-state index contributed by atoms with van der Waals surface area (Å²) in [6, 6.07) is 8.17. The largest absolute Gasteiger partial charge is 0.379 e. The van der Waals surface area contributed by atoms with Gasteiger partial charge in [-0.15, -0.1) is 0 Å². The van der Waals surface area contributed by atoms with E-state index in [0.29, 0.717) is 0 Å². The van der Waals surface area contributed by atoms with Crippen LogP contribution in [0.2, 0.25) is 0 Å². The lowest BCUT2D eigenvalue weighted by Gasteiger charge is -2.26. The Balaban J connectivity index is 1.83. The fourth-order valence-corrected chi connectivity index (χ4v) is 2.01. The van der Waals surface area contributed by atoms with Crippen LogP contribution in [-0.2, 0) is 11.2 Å². The first kappa shape index (κ1) is 12.4. The molecule has 1 heterocycles. The van der Waals surface area contributed by atoms with Gasteiger partial charge in [0.15, 0.2) is 0 Å². The van der Waals surface area contributed by atoms with Crippen LogP contribution in [0.5, 0.6) is 0 Å². The summed E-state index contributed by atoms with van der Waals surface area (Å²) in [6.45, 7) is 4.92. The van der Waals surface area contributed by atoms with Gasteiger partial charge >= 0.3 is 0 Å². The fraction of sp³-hybridized carbons (Fsp3) is 0.462. The Bertz CT molecular complexity index is 392. The van der Waals surface area contributed by atoms with Gasteiger partial charge in [0.05, 0.1) is 24.1 Å². The molecule has 0 aliphatic carbocycles. The zero-order valence-electron chi connectivity index (χ0n) is 9.76. The Labute approximate surface area is 107 Å². The van der Waals surface area contributed by atoms with Crippen LogP contribution in [-0.4, -0.2) is 42.9 Å². The number of rotatable bonds is 4. The molecule has 4 heteroatoms. The van der Waals surface area contributed by atoms with E-state index < -0.39 is 0 Å². The molecule has 17 heavy (non-hydrogen) atoms. The van der Waals surface area contributed by atoms with Gasteiger partial charge in [-0.2, -0.15) is 4.99 Å². The Morgan fingerprint density at radius 3 is 2.59 bits per heavy atom. The van der Waals surface area contributed by atoms with Crippen LogP contribution in [0.4, 0.5) is 5.69 Å². The molecule has 0 N–H and O–H groups in total. The first-order valence-corrected chi connectivity index (χ1v) is 6.26. The highest BCUT2D eigenvalue weighted by Gasteiger charge is 2.09. The topological polar surface area (TPSA) is 24.8 Å². The quantitative estimate of drug-likeness (QED) is 0.604. The second kappa shape index (κ2) is 6.62. The van der Waals surface area contributed by atoms with Crippen molar-refractivity contribution in [1.29, 1.82) is 0 Å². The molecule has 90 valence electrons. The van der Waals surface area contributed by atoms with Gasteiger partial charge in [0.1, 0.15) is 0 Å². The van der Waals surface area contributed by atoms with E-state index in [1.807, 2.05) is 12.1 Å². The predicted molar refractivity (Wildman–Crippen MR) is 72.1 cm³/mol. The third-order valence-electron chi connectivity index (χ3n) is 2.93. The number of aliphatic imine (C=N–C) groups is 1. The molecule has 1 aromatic carbocycles. The number of ether oxygens (including phenoxy) is 1. The van der Waals surface area contributed by atoms with Gasteiger partial charge in [-0.25, -0.2) is 0 Å². The van der Waals surface area contributed by atoms with Crippen molar-refractivity contribution in [3.63, 3.8) is 0 Å². The maximum absolute atomic E-state index is 5.32. The summed E-state index contributed by atoms with van der Waals surface area (Å²) in [5.74, 6) is 0. The number of morpholine rings is 1. The number of hydrogen-bond donors (Lipinski definition) is 0. The molecule has 0 spiro atoms. The minimum Gasteiger partial charge on any atom is -0.379 e. The van der Waals surface area contributed by atoms with Gasteiger partial charge in [0.2, 0.25) is 0 Å². The zero-order valence-corrected chi connectivity index (χ0v) is 10.6. The van der Waals surface area contributed by atoms with Crippen molar-refractivity contribution >= 4 is 23.1 Å². The molecule has 1 aliphatic rings. The van der Waals surface area contributed by atoms with Crippen molar-refractivity contribution in [2.45, 2.75) is 6.42 Å². The van der Waals surface area contributed by atoms with E-state index in [1.165, 1.54) is 5.56 Å². The van der Waals surface area contributed by atoms with E-state index in [9.17, 15) is 0 Å². The summed E-state index contributed by atoms with van der Waals surface area (Å²) in [6.07, 6.45) is 1.07. The molecule has 2 rings (SSSR count). The molecular weight excluding hydrogens is 232 g/mol. The van der Waals surface area contributed by atoms with Gasteiger partial charge in [-0.3, -0.25) is 4.90 Å². The third kappa shape index (κ3) is 4.02. The molecule has 3 nitrogen and oxygen atoms in total. The van der Waals surface area contributed by atoms with Gasteiger partial charge in [0, 0.05) is 19.6 Å². The van der Waals surface area contributed by atoms with Crippen LogP contribution < -0.4 is 0 Å². The summed E-state index contributed by atoms with van der Waals surface area (Å²) >= 11 is 4.57. The molecule has 0 bridgehead atoms. The van der Waals surface area contributed by atoms with Crippen LogP contribution in [0.3, 0.4) is 0 Å². The molecule has 0 radical (unpaired) electrons. The van der Waals surface area contributed by atoms with E-state index in [4.69, 9.17) is 4.74 Å². The third-order valence-corrected chi connectivity index (χ3v) is 3.02.